The molecule has 3 heterocycles. The Kier molecular flexibility index (Phi) is 2.87. The highest BCUT2D eigenvalue weighted by molar-refractivity contribution is 6.42. The van der Waals surface area contributed by atoms with E-state index in [0.29, 0.717) is 22.5 Å². The van der Waals surface area contributed by atoms with E-state index in [-0.39, 0.29) is 5.56 Å². The Morgan fingerprint density at radius 1 is 1.43 bits per heavy atom. The van der Waals surface area contributed by atoms with E-state index in [0.717, 1.165) is 0 Å². The van der Waals surface area contributed by atoms with Crippen LogP contribution in [0.25, 0.3) is 16.7 Å². The minimum absolute atomic E-state index is 0.00175. The smallest absolute Gasteiger partial charge is 0.377 e. The van der Waals surface area contributed by atoms with Crippen LogP contribution in [0.4, 0.5) is 0 Å². The molecule has 0 aliphatic rings. The summed E-state index contributed by atoms with van der Waals surface area (Å²) in [5.74, 6) is -1.90. The second-order valence-electron chi connectivity index (χ2n) is 4.08. The zero-order valence-electron chi connectivity index (χ0n) is 10.8. The summed E-state index contributed by atoms with van der Waals surface area (Å²) in [6.07, 6.45) is 5.76. The number of aromatic amines is 1. The van der Waals surface area contributed by atoms with Gasteiger partial charge >= 0.3 is 5.97 Å². The molecule has 0 aromatic carbocycles. The number of carboxylic acid groups (broad SMARTS) is 1. The van der Waals surface area contributed by atoms with Gasteiger partial charge in [-0.2, -0.15) is 0 Å². The van der Waals surface area contributed by atoms with Gasteiger partial charge in [0.15, 0.2) is 5.82 Å². The summed E-state index contributed by atoms with van der Waals surface area (Å²) in [6, 6.07) is 0. The van der Waals surface area contributed by atoms with Crippen LogP contribution in [0.1, 0.15) is 10.4 Å². The summed E-state index contributed by atoms with van der Waals surface area (Å²) >= 11 is 0. The molecule has 3 aromatic heterocycles. The number of Topliss-reactive ketones (excluding diaryl/α,β-unsaturated/α-hetero) is 1. The fourth-order valence-electron chi connectivity index (χ4n) is 2.05. The lowest BCUT2D eigenvalue weighted by Crippen LogP contribution is -2.12. The summed E-state index contributed by atoms with van der Waals surface area (Å²) in [7, 11) is 1.41. The molecule has 0 unspecified atom stereocenters. The van der Waals surface area contributed by atoms with Crippen molar-refractivity contribution in [2.24, 2.45) is 0 Å². The van der Waals surface area contributed by atoms with Gasteiger partial charge in [-0.25, -0.2) is 14.5 Å². The van der Waals surface area contributed by atoms with E-state index in [1.54, 1.807) is 6.20 Å². The number of fused-ring (bicyclic) bond motifs is 1. The summed E-state index contributed by atoms with van der Waals surface area (Å²) in [4.78, 5) is 29.7. The molecule has 0 atom stereocenters. The minimum Gasteiger partial charge on any atom is -0.494 e. The van der Waals surface area contributed by atoms with Crippen molar-refractivity contribution < 1.29 is 19.4 Å². The Labute approximate surface area is 117 Å². The molecule has 3 rings (SSSR count). The average Bonchev–Trinajstić information content (AvgIpc) is 3.14. The van der Waals surface area contributed by atoms with E-state index >= 15 is 0 Å². The molecule has 0 amide bonds. The van der Waals surface area contributed by atoms with Gasteiger partial charge in [-0.15, -0.1) is 5.10 Å². The first kappa shape index (κ1) is 12.8. The number of methoxy groups -OCH3 is 1. The topological polar surface area (TPSA) is 123 Å². The zero-order chi connectivity index (χ0) is 15.0. The normalized spacial score (nSPS) is 10.7. The van der Waals surface area contributed by atoms with Crippen LogP contribution in [0.5, 0.6) is 5.75 Å². The number of carbonyl (C=O) groups excluding carboxylic acids is 1. The third-order valence-electron chi connectivity index (χ3n) is 2.95. The van der Waals surface area contributed by atoms with Crippen molar-refractivity contribution in [2.45, 2.75) is 0 Å². The maximum Gasteiger partial charge on any atom is 0.377 e. The van der Waals surface area contributed by atoms with Gasteiger partial charge in [0, 0.05) is 6.20 Å². The summed E-state index contributed by atoms with van der Waals surface area (Å²) in [5, 5.41) is 16.7. The van der Waals surface area contributed by atoms with Crippen LogP contribution in [0.2, 0.25) is 0 Å². The Bertz CT molecular complexity index is 837. The Morgan fingerprint density at radius 3 is 2.86 bits per heavy atom. The number of ketones is 1. The van der Waals surface area contributed by atoms with E-state index in [1.807, 2.05) is 0 Å². The average molecular weight is 287 g/mol. The molecule has 0 bridgehead atoms. The number of pyridine rings is 1. The van der Waals surface area contributed by atoms with Gasteiger partial charge in [-0.3, -0.25) is 4.79 Å². The highest BCUT2D eigenvalue weighted by atomic mass is 16.5. The quantitative estimate of drug-likeness (QED) is 0.526. The monoisotopic (exact) mass is 287 g/mol. The maximum atomic E-state index is 11.8. The molecule has 0 saturated heterocycles. The first-order valence-electron chi connectivity index (χ1n) is 5.82. The van der Waals surface area contributed by atoms with Gasteiger partial charge in [-0.1, -0.05) is 5.21 Å². The van der Waals surface area contributed by atoms with Crippen LogP contribution in [-0.2, 0) is 4.79 Å². The molecule has 0 saturated carbocycles. The number of carbonyl (C=O) groups is 2. The first-order valence-corrected chi connectivity index (χ1v) is 5.82. The van der Waals surface area contributed by atoms with Crippen LogP contribution in [0, 0.1) is 0 Å². The van der Waals surface area contributed by atoms with Crippen molar-refractivity contribution in [3.63, 3.8) is 0 Å². The fraction of sp³-hybridized carbons (Fsp3) is 0.0833. The van der Waals surface area contributed by atoms with Crippen molar-refractivity contribution in [3.05, 3.63) is 30.4 Å². The number of rotatable bonds is 4. The second-order valence-corrected chi connectivity index (χ2v) is 4.08. The number of hydrogen-bond acceptors (Lipinski definition) is 6. The third-order valence-corrected chi connectivity index (χ3v) is 2.95. The molecule has 0 fully saturated rings. The largest absolute Gasteiger partial charge is 0.494 e. The standard InChI is InChI=1S/C12H9N5O4/c1-21-7-5-14-11(17-3-2-15-16-17)9-8(7)6(4-13-9)10(18)12(19)20/h2-5,13H,1H3,(H,19,20). The Morgan fingerprint density at radius 2 is 2.24 bits per heavy atom. The van der Waals surface area contributed by atoms with Gasteiger partial charge < -0.3 is 14.8 Å². The molecule has 9 heteroatoms. The van der Waals surface area contributed by atoms with Crippen molar-refractivity contribution in [2.75, 3.05) is 7.11 Å². The molecule has 0 spiro atoms. The molecule has 9 nitrogen and oxygen atoms in total. The summed E-state index contributed by atoms with van der Waals surface area (Å²) in [5.41, 5.74) is 0.433. The maximum absolute atomic E-state index is 11.8. The molecule has 2 N–H and O–H groups in total. The molecular weight excluding hydrogens is 278 g/mol. The van der Waals surface area contributed by atoms with Crippen LogP contribution < -0.4 is 4.74 Å². The van der Waals surface area contributed by atoms with Crippen LogP contribution in [0.15, 0.2) is 24.8 Å². The fourth-order valence-corrected chi connectivity index (χ4v) is 2.05. The number of H-pyrrole nitrogens is 1. The summed E-state index contributed by atoms with van der Waals surface area (Å²) < 4.78 is 6.55. The SMILES string of the molecule is COc1cnc(-n2ccnn2)c2[nH]cc(C(=O)C(=O)O)c12. The van der Waals surface area contributed by atoms with Gasteiger partial charge in [0.2, 0.25) is 0 Å². The number of aliphatic carboxylic acids is 1. The number of nitrogens with one attached hydrogen (secondary N) is 1. The number of ether oxygens (including phenoxy) is 1. The zero-order valence-corrected chi connectivity index (χ0v) is 10.8. The van der Waals surface area contributed by atoms with Gasteiger partial charge in [0.1, 0.15) is 5.75 Å². The molecule has 0 aliphatic heterocycles. The molecule has 21 heavy (non-hydrogen) atoms. The van der Waals surface area contributed by atoms with Crippen LogP contribution in [-0.4, -0.2) is 48.9 Å². The number of carboxylic acids is 1. The molecule has 0 radical (unpaired) electrons. The van der Waals surface area contributed by atoms with E-state index in [9.17, 15) is 9.59 Å². The van der Waals surface area contributed by atoms with Gasteiger partial charge in [0.05, 0.1) is 42.2 Å². The predicted octanol–water partition coefficient (Wildman–Crippen LogP) is 0.419. The van der Waals surface area contributed by atoms with Crippen molar-refractivity contribution in [1.29, 1.82) is 0 Å². The van der Waals surface area contributed by atoms with E-state index < -0.39 is 11.8 Å². The second kappa shape index (κ2) is 4.71. The lowest BCUT2D eigenvalue weighted by Gasteiger charge is -2.06. The number of aromatic nitrogens is 5. The Hall–Kier alpha value is -3.23. The molecule has 106 valence electrons. The number of nitrogens with zero attached hydrogens (tertiary/aromatic N) is 4. The van der Waals surface area contributed by atoms with Gasteiger partial charge in [0.25, 0.3) is 5.78 Å². The first-order chi connectivity index (χ1) is 10.1. The van der Waals surface area contributed by atoms with Crippen molar-refractivity contribution in [3.8, 4) is 11.6 Å². The molecule has 0 aliphatic carbocycles. The van der Waals surface area contributed by atoms with Crippen LogP contribution >= 0.6 is 0 Å². The molecule has 3 aromatic rings. The van der Waals surface area contributed by atoms with Crippen molar-refractivity contribution in [1.82, 2.24) is 25.0 Å². The number of hydrogen-bond donors (Lipinski definition) is 2. The minimum atomic E-state index is -1.54. The summed E-state index contributed by atoms with van der Waals surface area (Å²) in [6.45, 7) is 0. The lowest BCUT2D eigenvalue weighted by atomic mass is 10.1. The third kappa shape index (κ3) is 1.91. The van der Waals surface area contributed by atoms with E-state index in [2.05, 4.69) is 20.3 Å². The predicted molar refractivity (Wildman–Crippen MR) is 69.5 cm³/mol. The van der Waals surface area contributed by atoms with Crippen molar-refractivity contribution >= 4 is 22.7 Å². The van der Waals surface area contributed by atoms with Crippen LogP contribution in [0.3, 0.4) is 0 Å². The highest BCUT2D eigenvalue weighted by Crippen LogP contribution is 2.31. The lowest BCUT2D eigenvalue weighted by molar-refractivity contribution is -0.131. The Balaban J connectivity index is 2.32. The van der Waals surface area contributed by atoms with Gasteiger partial charge in [-0.05, 0) is 0 Å². The molecular formula is C12H9N5O4. The highest BCUT2D eigenvalue weighted by Gasteiger charge is 2.23. The van der Waals surface area contributed by atoms with E-state index in [1.165, 1.54) is 30.4 Å². The van der Waals surface area contributed by atoms with E-state index in [4.69, 9.17) is 9.84 Å².